The van der Waals surface area contributed by atoms with Gasteiger partial charge in [-0.25, -0.2) is 0 Å². The Morgan fingerprint density at radius 3 is 2.47 bits per heavy atom. The van der Waals surface area contributed by atoms with Crippen LogP contribution in [-0.2, 0) is 5.54 Å². The molecule has 0 atom stereocenters. The van der Waals surface area contributed by atoms with Gasteiger partial charge in [0, 0.05) is 11.1 Å². The maximum absolute atomic E-state index is 6.71. The molecule has 2 aliphatic rings. The minimum atomic E-state index is -0.163. The third-order valence-electron chi connectivity index (χ3n) is 4.76. The zero-order valence-electron chi connectivity index (χ0n) is 12.0. The monoisotopic (exact) mass is 259 g/mol. The first-order valence-corrected chi connectivity index (χ1v) is 7.74. The number of benzene rings is 1. The fraction of sp³-hybridized carbons (Fsp3) is 0.647. The molecule has 0 radical (unpaired) electrons. The van der Waals surface area contributed by atoms with E-state index in [0.717, 1.165) is 18.6 Å². The second-order valence-corrected chi connectivity index (χ2v) is 6.39. The van der Waals surface area contributed by atoms with Crippen molar-refractivity contribution >= 4 is 0 Å². The topological polar surface area (TPSA) is 35.2 Å². The first-order chi connectivity index (χ1) is 9.17. The van der Waals surface area contributed by atoms with Crippen molar-refractivity contribution in [2.24, 2.45) is 5.73 Å². The lowest BCUT2D eigenvalue weighted by atomic mass is 9.76. The second-order valence-electron chi connectivity index (χ2n) is 6.39. The molecule has 2 heteroatoms. The molecule has 3 rings (SSSR count). The molecule has 0 aromatic heterocycles. The number of nitrogens with two attached hydrogens (primary N) is 1. The van der Waals surface area contributed by atoms with Crippen molar-refractivity contribution < 1.29 is 4.74 Å². The van der Waals surface area contributed by atoms with Gasteiger partial charge in [0.1, 0.15) is 5.75 Å². The van der Waals surface area contributed by atoms with Gasteiger partial charge in [-0.1, -0.05) is 37.0 Å². The van der Waals surface area contributed by atoms with E-state index in [9.17, 15) is 0 Å². The summed E-state index contributed by atoms with van der Waals surface area (Å²) in [5.41, 5.74) is 9.07. The maximum Gasteiger partial charge on any atom is 0.124 e. The maximum atomic E-state index is 6.71. The Hall–Kier alpha value is -1.02. The van der Waals surface area contributed by atoms with Crippen molar-refractivity contribution in [3.8, 4) is 5.75 Å². The molecule has 0 amide bonds. The minimum absolute atomic E-state index is 0.163. The number of hydrogen-bond donors (Lipinski definition) is 1. The molecule has 0 aliphatic heterocycles. The molecule has 0 saturated heterocycles. The molecule has 2 N–H and O–H groups in total. The zero-order valence-corrected chi connectivity index (χ0v) is 12.0. The van der Waals surface area contributed by atoms with Crippen molar-refractivity contribution in [2.45, 2.75) is 69.9 Å². The highest BCUT2D eigenvalue weighted by Gasteiger charge is 2.33. The summed E-state index contributed by atoms with van der Waals surface area (Å²) in [6.07, 6.45) is 10.1. The SMILES string of the molecule is Cc1ccc(OC2CCC2)c(C2(N)CCCCC2)c1. The summed E-state index contributed by atoms with van der Waals surface area (Å²) in [4.78, 5) is 0. The third-order valence-corrected chi connectivity index (χ3v) is 4.76. The summed E-state index contributed by atoms with van der Waals surface area (Å²) in [7, 11) is 0. The van der Waals surface area contributed by atoms with Gasteiger partial charge in [-0.15, -0.1) is 0 Å². The van der Waals surface area contributed by atoms with Gasteiger partial charge in [0.2, 0.25) is 0 Å². The van der Waals surface area contributed by atoms with Crippen LogP contribution >= 0.6 is 0 Å². The molecule has 0 bridgehead atoms. The molecule has 2 aliphatic carbocycles. The van der Waals surface area contributed by atoms with Crippen LogP contribution < -0.4 is 10.5 Å². The summed E-state index contributed by atoms with van der Waals surface area (Å²) in [5, 5.41) is 0. The molecule has 2 nitrogen and oxygen atoms in total. The first-order valence-electron chi connectivity index (χ1n) is 7.74. The van der Waals surface area contributed by atoms with Crippen molar-refractivity contribution in [2.75, 3.05) is 0 Å². The molecule has 19 heavy (non-hydrogen) atoms. The van der Waals surface area contributed by atoms with E-state index in [-0.39, 0.29) is 5.54 Å². The summed E-state index contributed by atoms with van der Waals surface area (Å²) in [6, 6.07) is 6.52. The van der Waals surface area contributed by atoms with E-state index in [1.807, 2.05) is 0 Å². The molecule has 2 fully saturated rings. The molecule has 0 heterocycles. The van der Waals surface area contributed by atoms with E-state index < -0.39 is 0 Å². The normalized spacial score (nSPS) is 22.8. The van der Waals surface area contributed by atoms with Crippen LogP contribution in [0.15, 0.2) is 18.2 Å². The predicted molar refractivity (Wildman–Crippen MR) is 78.4 cm³/mol. The van der Waals surface area contributed by atoms with Crippen LogP contribution in [0.1, 0.15) is 62.5 Å². The van der Waals surface area contributed by atoms with Crippen molar-refractivity contribution in [3.05, 3.63) is 29.3 Å². The Morgan fingerprint density at radius 1 is 1.11 bits per heavy atom. The Labute approximate surface area is 116 Å². The van der Waals surface area contributed by atoms with Crippen LogP contribution in [0.4, 0.5) is 0 Å². The van der Waals surface area contributed by atoms with Gasteiger partial charge in [0.05, 0.1) is 6.10 Å². The number of rotatable bonds is 3. The highest BCUT2D eigenvalue weighted by atomic mass is 16.5. The summed E-state index contributed by atoms with van der Waals surface area (Å²) >= 11 is 0. The fourth-order valence-electron chi connectivity index (χ4n) is 3.26. The Balaban J connectivity index is 1.90. The molecular formula is C17H25NO. The van der Waals surface area contributed by atoms with Gasteiger partial charge in [-0.05, 0) is 45.1 Å². The lowest BCUT2D eigenvalue weighted by Crippen LogP contribution is -2.39. The number of aryl methyl sites for hydroxylation is 1. The average molecular weight is 259 g/mol. The summed E-state index contributed by atoms with van der Waals surface area (Å²) < 4.78 is 6.17. The van der Waals surface area contributed by atoms with Crippen molar-refractivity contribution in [1.29, 1.82) is 0 Å². The molecule has 1 aromatic carbocycles. The van der Waals surface area contributed by atoms with Crippen LogP contribution in [0.25, 0.3) is 0 Å². The Morgan fingerprint density at radius 2 is 1.84 bits per heavy atom. The molecule has 104 valence electrons. The van der Waals surface area contributed by atoms with Gasteiger partial charge in [-0.2, -0.15) is 0 Å². The fourth-order valence-corrected chi connectivity index (χ4v) is 3.26. The molecule has 2 saturated carbocycles. The number of ether oxygens (including phenoxy) is 1. The lowest BCUT2D eigenvalue weighted by Gasteiger charge is -2.37. The minimum Gasteiger partial charge on any atom is -0.490 e. The average Bonchev–Trinajstić information content (AvgIpc) is 2.36. The van der Waals surface area contributed by atoms with Crippen molar-refractivity contribution in [1.82, 2.24) is 0 Å². The first kappa shape index (κ1) is 13.0. The van der Waals surface area contributed by atoms with Gasteiger partial charge >= 0.3 is 0 Å². The quantitative estimate of drug-likeness (QED) is 0.889. The van der Waals surface area contributed by atoms with Gasteiger partial charge in [0.15, 0.2) is 0 Å². The van der Waals surface area contributed by atoms with Gasteiger partial charge in [0.25, 0.3) is 0 Å². The van der Waals surface area contributed by atoms with E-state index in [4.69, 9.17) is 10.5 Å². The third kappa shape index (κ3) is 2.64. The van der Waals surface area contributed by atoms with Gasteiger partial charge in [-0.3, -0.25) is 0 Å². The lowest BCUT2D eigenvalue weighted by molar-refractivity contribution is 0.115. The van der Waals surface area contributed by atoms with Gasteiger partial charge < -0.3 is 10.5 Å². The zero-order chi connectivity index (χ0) is 13.3. The van der Waals surface area contributed by atoms with Crippen molar-refractivity contribution in [3.63, 3.8) is 0 Å². The van der Waals surface area contributed by atoms with E-state index in [2.05, 4.69) is 25.1 Å². The van der Waals surface area contributed by atoms with E-state index in [1.165, 1.54) is 49.7 Å². The molecule has 0 unspecified atom stereocenters. The largest absolute Gasteiger partial charge is 0.490 e. The standard InChI is InChI=1S/C17H25NO/c1-13-8-9-16(19-14-6-5-7-14)15(12-13)17(18)10-3-2-4-11-17/h8-9,12,14H,2-7,10-11,18H2,1H3. The molecule has 1 aromatic rings. The van der Waals surface area contributed by atoms with E-state index in [0.29, 0.717) is 6.10 Å². The highest BCUT2D eigenvalue weighted by Crippen LogP contribution is 2.40. The Kier molecular flexibility index (Phi) is 3.53. The smallest absolute Gasteiger partial charge is 0.124 e. The molecular weight excluding hydrogens is 234 g/mol. The van der Waals surface area contributed by atoms with E-state index >= 15 is 0 Å². The summed E-state index contributed by atoms with van der Waals surface area (Å²) in [5.74, 6) is 1.04. The highest BCUT2D eigenvalue weighted by molar-refractivity contribution is 5.42. The predicted octanol–water partition coefficient (Wildman–Crippen LogP) is 4.04. The van der Waals surface area contributed by atoms with Crippen LogP contribution in [0.5, 0.6) is 5.75 Å². The van der Waals surface area contributed by atoms with Crippen LogP contribution in [0.3, 0.4) is 0 Å². The van der Waals surface area contributed by atoms with E-state index in [1.54, 1.807) is 0 Å². The number of hydrogen-bond acceptors (Lipinski definition) is 2. The van der Waals surface area contributed by atoms with Crippen LogP contribution in [0.2, 0.25) is 0 Å². The van der Waals surface area contributed by atoms with Crippen LogP contribution in [0, 0.1) is 6.92 Å². The molecule has 0 spiro atoms. The second kappa shape index (κ2) is 5.16. The Bertz CT molecular complexity index is 445. The summed E-state index contributed by atoms with van der Waals surface area (Å²) in [6.45, 7) is 2.14. The van der Waals surface area contributed by atoms with Crippen LogP contribution in [-0.4, -0.2) is 6.10 Å².